The Bertz CT molecular complexity index is 1080. The van der Waals surface area contributed by atoms with Crippen LogP contribution >= 0.6 is 0 Å². The smallest absolute Gasteiger partial charge is 0.433 e. The van der Waals surface area contributed by atoms with Gasteiger partial charge in [0.05, 0.1) is 17.5 Å². The number of alkyl halides is 3. The number of carbonyl (C=O) groups excluding carboxylic acids is 1. The summed E-state index contributed by atoms with van der Waals surface area (Å²) in [5, 5.41) is 15.7. The standard InChI is InChI=1S/C19H15F4N5O2/c1-28-17(19(21,22)23)12(10-26-28)18(29)27-11-4-5-15(13(20)9-11)30-16-3-2-8-25-14(16)6-7-24/h2-10,24-25H,1H3,(H,27,29)/b14-6-,24-7?. The molecule has 11 heteroatoms. The Labute approximate surface area is 167 Å². The number of anilines is 1. The lowest BCUT2D eigenvalue weighted by Gasteiger charge is -2.16. The highest BCUT2D eigenvalue weighted by Gasteiger charge is 2.39. The topological polar surface area (TPSA) is 92.0 Å². The van der Waals surface area contributed by atoms with Crippen molar-refractivity contribution in [3.05, 3.63) is 77.4 Å². The molecule has 1 aromatic heterocycles. The highest BCUT2D eigenvalue weighted by atomic mass is 19.4. The fourth-order valence-electron chi connectivity index (χ4n) is 2.66. The molecule has 0 aliphatic carbocycles. The van der Waals surface area contributed by atoms with Gasteiger partial charge in [0.2, 0.25) is 0 Å². The Kier molecular flexibility index (Phi) is 5.72. The highest BCUT2D eigenvalue weighted by Crippen LogP contribution is 2.32. The van der Waals surface area contributed by atoms with Crippen LogP contribution in [0.5, 0.6) is 5.75 Å². The summed E-state index contributed by atoms with van der Waals surface area (Å²) in [6, 6.07) is 3.43. The van der Waals surface area contributed by atoms with Crippen LogP contribution in [0, 0.1) is 11.2 Å². The molecule has 7 nitrogen and oxygen atoms in total. The zero-order valence-corrected chi connectivity index (χ0v) is 15.4. The maximum atomic E-state index is 14.4. The summed E-state index contributed by atoms with van der Waals surface area (Å²) in [6.45, 7) is 0. The number of aromatic nitrogens is 2. The van der Waals surface area contributed by atoms with Crippen LogP contribution < -0.4 is 15.4 Å². The van der Waals surface area contributed by atoms with E-state index in [9.17, 15) is 22.4 Å². The van der Waals surface area contributed by atoms with Crippen LogP contribution in [0.15, 0.2) is 60.3 Å². The number of hydrogen-bond acceptors (Lipinski definition) is 5. The number of carbonyl (C=O) groups is 1. The Balaban J connectivity index is 1.79. The van der Waals surface area contributed by atoms with Crippen LogP contribution in [0.4, 0.5) is 23.2 Å². The SMILES string of the molecule is Cn1ncc(C(=O)Nc2ccc(OC3=CC=CN/C3=C\C=N)c(F)c2)c1C(F)(F)F. The summed E-state index contributed by atoms with van der Waals surface area (Å²) >= 11 is 0. The van der Waals surface area contributed by atoms with Crippen molar-refractivity contribution in [1.29, 1.82) is 5.41 Å². The van der Waals surface area contributed by atoms with Crippen molar-refractivity contribution in [2.75, 3.05) is 5.32 Å². The molecule has 3 N–H and O–H groups in total. The van der Waals surface area contributed by atoms with E-state index in [0.29, 0.717) is 10.4 Å². The van der Waals surface area contributed by atoms with Crippen LogP contribution in [-0.4, -0.2) is 21.9 Å². The fraction of sp³-hybridized carbons (Fsp3) is 0.105. The fourth-order valence-corrected chi connectivity index (χ4v) is 2.66. The maximum absolute atomic E-state index is 14.4. The third-order valence-electron chi connectivity index (χ3n) is 3.96. The van der Waals surface area contributed by atoms with Gasteiger partial charge in [-0.1, -0.05) is 0 Å². The molecule has 3 rings (SSSR count). The van der Waals surface area contributed by atoms with Gasteiger partial charge in [-0.2, -0.15) is 18.3 Å². The summed E-state index contributed by atoms with van der Waals surface area (Å²) in [5.41, 5.74) is -1.53. The lowest BCUT2D eigenvalue weighted by atomic mass is 10.2. The van der Waals surface area contributed by atoms with Gasteiger partial charge in [-0.25, -0.2) is 4.39 Å². The first-order valence-electron chi connectivity index (χ1n) is 8.43. The largest absolute Gasteiger partial charge is 0.452 e. The first-order valence-corrected chi connectivity index (χ1v) is 8.43. The van der Waals surface area contributed by atoms with Crippen LogP contribution in [0.3, 0.4) is 0 Å². The summed E-state index contributed by atoms with van der Waals surface area (Å²) < 4.78 is 59.8. The van der Waals surface area contributed by atoms with E-state index in [4.69, 9.17) is 10.1 Å². The van der Waals surface area contributed by atoms with Crippen molar-refractivity contribution in [1.82, 2.24) is 15.1 Å². The summed E-state index contributed by atoms with van der Waals surface area (Å²) in [5.74, 6) is -1.85. The molecule has 0 atom stereocenters. The molecule has 0 bridgehead atoms. The van der Waals surface area contributed by atoms with Crippen LogP contribution in [-0.2, 0) is 13.2 Å². The van der Waals surface area contributed by atoms with Gasteiger partial charge < -0.3 is 20.8 Å². The van der Waals surface area contributed by atoms with Gasteiger partial charge in [0.1, 0.15) is 0 Å². The van der Waals surface area contributed by atoms with Gasteiger partial charge in [0.25, 0.3) is 5.91 Å². The molecule has 0 saturated carbocycles. The Morgan fingerprint density at radius 2 is 2.13 bits per heavy atom. The quantitative estimate of drug-likeness (QED) is 0.507. The van der Waals surface area contributed by atoms with Crippen LogP contribution in [0.25, 0.3) is 0 Å². The van der Waals surface area contributed by atoms with E-state index in [1.807, 2.05) is 0 Å². The number of nitrogens with zero attached hydrogens (tertiary/aromatic N) is 2. The first-order chi connectivity index (χ1) is 14.2. The zero-order chi connectivity index (χ0) is 21.9. The number of ether oxygens (including phenoxy) is 1. The molecule has 2 heterocycles. The molecule has 1 aliphatic rings. The zero-order valence-electron chi connectivity index (χ0n) is 15.4. The molecule has 0 saturated heterocycles. The average Bonchev–Trinajstić information content (AvgIpc) is 3.08. The average molecular weight is 421 g/mol. The third kappa shape index (κ3) is 4.40. The highest BCUT2D eigenvalue weighted by molar-refractivity contribution is 6.05. The van der Waals surface area contributed by atoms with Crippen molar-refractivity contribution < 1.29 is 27.1 Å². The molecule has 0 fully saturated rings. The summed E-state index contributed by atoms with van der Waals surface area (Å²) in [7, 11) is 1.07. The molecule has 0 radical (unpaired) electrons. The van der Waals surface area contributed by atoms with Gasteiger partial charge >= 0.3 is 6.18 Å². The molecular weight excluding hydrogens is 406 g/mol. The molecule has 1 amide bonds. The van der Waals surface area contributed by atoms with Gasteiger partial charge in [-0.3, -0.25) is 9.48 Å². The number of benzene rings is 1. The number of amides is 1. The second-order valence-electron chi connectivity index (χ2n) is 6.01. The Morgan fingerprint density at radius 1 is 1.37 bits per heavy atom. The molecule has 1 aromatic carbocycles. The number of aryl methyl sites for hydroxylation is 1. The summed E-state index contributed by atoms with van der Waals surface area (Å²) in [6.07, 6.45) is 3.23. The molecule has 1 aliphatic heterocycles. The van der Waals surface area contributed by atoms with E-state index in [-0.39, 0.29) is 17.2 Å². The number of nitrogens with one attached hydrogen (secondary N) is 3. The van der Waals surface area contributed by atoms with E-state index >= 15 is 0 Å². The second kappa shape index (κ2) is 8.23. The Morgan fingerprint density at radius 3 is 2.80 bits per heavy atom. The Hall–Kier alpha value is -3.89. The second-order valence-corrected chi connectivity index (χ2v) is 6.01. The monoisotopic (exact) mass is 421 g/mol. The number of allylic oxidation sites excluding steroid dienone is 3. The third-order valence-corrected chi connectivity index (χ3v) is 3.96. The summed E-state index contributed by atoms with van der Waals surface area (Å²) in [4.78, 5) is 12.3. The molecule has 30 heavy (non-hydrogen) atoms. The normalized spacial score (nSPS) is 14.8. The van der Waals surface area contributed by atoms with Gasteiger partial charge in [0.15, 0.2) is 23.0 Å². The minimum Gasteiger partial charge on any atom is -0.452 e. The van der Waals surface area contributed by atoms with Crippen LogP contribution in [0.2, 0.25) is 0 Å². The predicted molar refractivity (Wildman–Crippen MR) is 100 cm³/mol. The minimum absolute atomic E-state index is 0.0623. The van der Waals surface area contributed by atoms with E-state index in [1.54, 1.807) is 18.4 Å². The van der Waals surface area contributed by atoms with Crippen molar-refractivity contribution in [2.24, 2.45) is 7.05 Å². The van der Waals surface area contributed by atoms with E-state index in [2.05, 4.69) is 15.7 Å². The molecule has 0 spiro atoms. The van der Waals surface area contributed by atoms with E-state index < -0.39 is 29.2 Å². The predicted octanol–water partition coefficient (Wildman–Crippen LogP) is 3.74. The van der Waals surface area contributed by atoms with E-state index in [1.165, 1.54) is 18.2 Å². The van der Waals surface area contributed by atoms with Crippen molar-refractivity contribution >= 4 is 17.8 Å². The van der Waals surface area contributed by atoms with Crippen molar-refractivity contribution in [3.63, 3.8) is 0 Å². The first kappa shape index (κ1) is 20.8. The molecule has 0 unspecified atom stereocenters. The molecule has 2 aromatic rings. The van der Waals surface area contributed by atoms with Gasteiger partial charge in [-0.05, 0) is 30.4 Å². The lowest BCUT2D eigenvalue weighted by Crippen LogP contribution is -2.20. The number of halogens is 4. The number of rotatable bonds is 5. The van der Waals surface area contributed by atoms with Crippen LogP contribution in [0.1, 0.15) is 16.1 Å². The molecule has 156 valence electrons. The number of hydrogen-bond donors (Lipinski definition) is 3. The maximum Gasteiger partial charge on any atom is 0.433 e. The minimum atomic E-state index is -4.78. The van der Waals surface area contributed by atoms with Gasteiger partial charge in [-0.15, -0.1) is 0 Å². The number of dihydropyridines is 1. The molecular formula is C19H15F4N5O2. The van der Waals surface area contributed by atoms with Crippen molar-refractivity contribution in [2.45, 2.75) is 6.18 Å². The van der Waals surface area contributed by atoms with Gasteiger partial charge in [0, 0.05) is 31.2 Å². The van der Waals surface area contributed by atoms with E-state index in [0.717, 1.165) is 25.5 Å². The van der Waals surface area contributed by atoms with Crippen molar-refractivity contribution in [3.8, 4) is 5.75 Å². The lowest BCUT2D eigenvalue weighted by molar-refractivity contribution is -0.144.